The molecule has 2 aromatic rings. The average Bonchev–Trinajstić information content (AvgIpc) is 2.90. The van der Waals surface area contributed by atoms with Crippen molar-refractivity contribution in [2.24, 2.45) is 0 Å². The molecule has 0 unspecified atom stereocenters. The van der Waals surface area contributed by atoms with Crippen LogP contribution in [0.25, 0.3) is 10.9 Å². The quantitative estimate of drug-likeness (QED) is 0.926. The van der Waals surface area contributed by atoms with E-state index >= 15 is 0 Å². The van der Waals surface area contributed by atoms with Crippen molar-refractivity contribution in [3.8, 4) is 0 Å². The Hall–Kier alpha value is -1.90. The topological polar surface area (TPSA) is 50.2 Å². The number of carboxylic acid groups (broad SMARTS) is 1. The summed E-state index contributed by atoms with van der Waals surface area (Å²) < 4.78 is 0. The van der Waals surface area contributed by atoms with Crippen molar-refractivity contribution in [3.63, 3.8) is 0 Å². The molecule has 3 nitrogen and oxygen atoms in total. The van der Waals surface area contributed by atoms with Crippen LogP contribution in [0.3, 0.4) is 0 Å². The number of hydrogen-bond donors (Lipinski definition) is 1. The molecule has 1 aliphatic carbocycles. The van der Waals surface area contributed by atoms with Crippen LogP contribution in [-0.2, 0) is 30.5 Å². The van der Waals surface area contributed by atoms with Gasteiger partial charge in [0.1, 0.15) is 0 Å². The number of aliphatic carboxylic acids is 1. The maximum absolute atomic E-state index is 10.9. The van der Waals surface area contributed by atoms with Crippen LogP contribution in [0, 0.1) is 0 Å². The number of pyridine rings is 1. The molecule has 3 heteroatoms. The van der Waals surface area contributed by atoms with E-state index in [4.69, 9.17) is 10.1 Å². The Morgan fingerprint density at radius 1 is 1.35 bits per heavy atom. The van der Waals surface area contributed by atoms with Gasteiger partial charge in [-0.3, -0.25) is 9.78 Å². The number of carboxylic acids is 1. The number of aryl methyl sites for hydroxylation is 3. The summed E-state index contributed by atoms with van der Waals surface area (Å²) in [5, 5.41) is 10.1. The smallest absolute Gasteiger partial charge is 0.303 e. The molecule has 0 amide bonds. The summed E-state index contributed by atoms with van der Waals surface area (Å²) in [6.45, 7) is 2.14. The summed E-state index contributed by atoms with van der Waals surface area (Å²) in [5.41, 5.74) is 6.02. The van der Waals surface area contributed by atoms with Crippen molar-refractivity contribution in [1.29, 1.82) is 0 Å². The Bertz CT molecular complexity index is 676. The summed E-state index contributed by atoms with van der Waals surface area (Å²) >= 11 is 0. The van der Waals surface area contributed by atoms with Gasteiger partial charge in [0.2, 0.25) is 0 Å². The molecule has 0 saturated carbocycles. The Labute approximate surface area is 118 Å². The number of fused-ring (bicyclic) bond motifs is 2. The van der Waals surface area contributed by atoms with Crippen LogP contribution in [0.1, 0.15) is 42.1 Å². The molecule has 0 atom stereocenters. The monoisotopic (exact) mass is 269 g/mol. The van der Waals surface area contributed by atoms with Crippen molar-refractivity contribution in [2.75, 3.05) is 0 Å². The third-order valence-corrected chi connectivity index (χ3v) is 4.19. The van der Waals surface area contributed by atoms with Gasteiger partial charge in [0.15, 0.2) is 0 Å². The number of aromatic nitrogens is 1. The van der Waals surface area contributed by atoms with Gasteiger partial charge >= 0.3 is 5.97 Å². The standard InChI is InChI=1S/C17H19NO2/c1-2-11-6-8-16-14(10-11)12(7-9-17(19)20)13-4-3-5-15(13)18-16/h6,8,10H,2-5,7,9H2,1H3,(H,19,20). The highest BCUT2D eigenvalue weighted by Gasteiger charge is 2.19. The van der Waals surface area contributed by atoms with E-state index in [-0.39, 0.29) is 6.42 Å². The van der Waals surface area contributed by atoms with Gasteiger partial charge in [0.05, 0.1) is 5.52 Å². The minimum Gasteiger partial charge on any atom is -0.481 e. The van der Waals surface area contributed by atoms with Gasteiger partial charge in [-0.1, -0.05) is 13.0 Å². The highest BCUT2D eigenvalue weighted by Crippen LogP contribution is 2.31. The molecule has 1 heterocycles. The van der Waals surface area contributed by atoms with E-state index in [0.29, 0.717) is 6.42 Å². The van der Waals surface area contributed by atoms with Crippen LogP contribution < -0.4 is 0 Å². The highest BCUT2D eigenvalue weighted by molar-refractivity contribution is 5.85. The predicted molar refractivity (Wildman–Crippen MR) is 79.1 cm³/mol. The maximum atomic E-state index is 10.9. The summed E-state index contributed by atoms with van der Waals surface area (Å²) in [6, 6.07) is 6.40. The third kappa shape index (κ3) is 2.28. The van der Waals surface area contributed by atoms with E-state index < -0.39 is 5.97 Å². The molecule has 104 valence electrons. The van der Waals surface area contributed by atoms with Gasteiger partial charge in [0.25, 0.3) is 0 Å². The van der Waals surface area contributed by atoms with E-state index in [1.54, 1.807) is 0 Å². The van der Waals surface area contributed by atoms with Crippen molar-refractivity contribution in [3.05, 3.63) is 40.6 Å². The number of rotatable bonds is 4. The van der Waals surface area contributed by atoms with E-state index in [9.17, 15) is 4.79 Å². The van der Waals surface area contributed by atoms with Crippen LogP contribution in [0.5, 0.6) is 0 Å². The van der Waals surface area contributed by atoms with Crippen molar-refractivity contribution >= 4 is 16.9 Å². The Morgan fingerprint density at radius 2 is 2.20 bits per heavy atom. The molecule has 20 heavy (non-hydrogen) atoms. The first-order chi connectivity index (χ1) is 9.69. The molecular formula is C17H19NO2. The van der Waals surface area contributed by atoms with Crippen LogP contribution in [0.4, 0.5) is 0 Å². The molecule has 1 aromatic heterocycles. The van der Waals surface area contributed by atoms with Gasteiger partial charge in [0, 0.05) is 17.5 Å². The lowest BCUT2D eigenvalue weighted by molar-refractivity contribution is -0.136. The van der Waals surface area contributed by atoms with Gasteiger partial charge in [-0.2, -0.15) is 0 Å². The van der Waals surface area contributed by atoms with E-state index in [1.165, 1.54) is 22.4 Å². The van der Waals surface area contributed by atoms with Gasteiger partial charge in [-0.05, 0) is 60.9 Å². The first-order valence-electron chi connectivity index (χ1n) is 7.34. The lowest BCUT2D eigenvalue weighted by Crippen LogP contribution is -2.03. The second kappa shape index (κ2) is 5.23. The van der Waals surface area contributed by atoms with Gasteiger partial charge < -0.3 is 5.11 Å². The zero-order chi connectivity index (χ0) is 14.1. The van der Waals surface area contributed by atoms with E-state index in [2.05, 4.69) is 25.1 Å². The van der Waals surface area contributed by atoms with Crippen molar-refractivity contribution in [1.82, 2.24) is 4.98 Å². The molecule has 1 aromatic carbocycles. The molecule has 0 radical (unpaired) electrons. The Balaban J connectivity index is 2.17. The minimum absolute atomic E-state index is 0.196. The fourth-order valence-electron chi connectivity index (χ4n) is 3.14. The SMILES string of the molecule is CCc1ccc2nc3c(c(CCC(=O)O)c2c1)CCC3. The number of nitrogens with zero attached hydrogens (tertiary/aromatic N) is 1. The van der Waals surface area contributed by atoms with E-state index in [1.807, 2.05) is 0 Å². The first-order valence-corrected chi connectivity index (χ1v) is 7.34. The number of hydrogen-bond acceptors (Lipinski definition) is 2. The molecule has 0 aliphatic heterocycles. The predicted octanol–water partition coefficient (Wildman–Crippen LogP) is 3.30. The van der Waals surface area contributed by atoms with Crippen LogP contribution in [0.2, 0.25) is 0 Å². The number of carbonyl (C=O) groups is 1. The Morgan fingerprint density at radius 3 is 2.95 bits per heavy atom. The second-order valence-electron chi connectivity index (χ2n) is 5.47. The van der Waals surface area contributed by atoms with E-state index in [0.717, 1.165) is 36.6 Å². The lowest BCUT2D eigenvalue weighted by atomic mass is 9.96. The van der Waals surface area contributed by atoms with Gasteiger partial charge in [-0.25, -0.2) is 0 Å². The minimum atomic E-state index is -0.728. The molecule has 0 saturated heterocycles. The van der Waals surface area contributed by atoms with Crippen LogP contribution in [-0.4, -0.2) is 16.1 Å². The zero-order valence-electron chi connectivity index (χ0n) is 11.8. The van der Waals surface area contributed by atoms with Crippen molar-refractivity contribution < 1.29 is 9.90 Å². The second-order valence-corrected chi connectivity index (χ2v) is 5.47. The molecule has 1 N–H and O–H groups in total. The largest absolute Gasteiger partial charge is 0.481 e. The normalized spacial score (nSPS) is 13.7. The first kappa shape index (κ1) is 13.1. The Kier molecular flexibility index (Phi) is 3.43. The molecule has 0 bridgehead atoms. The molecule has 0 spiro atoms. The molecule has 1 aliphatic rings. The summed E-state index contributed by atoms with van der Waals surface area (Å²) in [7, 11) is 0. The molecular weight excluding hydrogens is 250 g/mol. The number of benzene rings is 1. The molecule has 3 rings (SSSR count). The average molecular weight is 269 g/mol. The fourth-order valence-corrected chi connectivity index (χ4v) is 3.14. The molecule has 0 fully saturated rings. The maximum Gasteiger partial charge on any atom is 0.303 e. The fraction of sp³-hybridized carbons (Fsp3) is 0.412. The zero-order valence-corrected chi connectivity index (χ0v) is 11.8. The van der Waals surface area contributed by atoms with Crippen LogP contribution >= 0.6 is 0 Å². The third-order valence-electron chi connectivity index (χ3n) is 4.19. The van der Waals surface area contributed by atoms with Gasteiger partial charge in [-0.15, -0.1) is 0 Å². The summed E-state index contributed by atoms with van der Waals surface area (Å²) in [5.74, 6) is -0.728. The summed E-state index contributed by atoms with van der Waals surface area (Å²) in [6.07, 6.45) is 5.01. The van der Waals surface area contributed by atoms with Crippen molar-refractivity contribution in [2.45, 2.75) is 45.4 Å². The van der Waals surface area contributed by atoms with Crippen LogP contribution in [0.15, 0.2) is 18.2 Å². The lowest BCUT2D eigenvalue weighted by Gasteiger charge is -2.12. The highest BCUT2D eigenvalue weighted by atomic mass is 16.4. The summed E-state index contributed by atoms with van der Waals surface area (Å²) in [4.78, 5) is 15.7.